The van der Waals surface area contributed by atoms with Crippen LogP contribution in [0.3, 0.4) is 0 Å². The molecule has 0 N–H and O–H groups in total. The second kappa shape index (κ2) is 7.16. The van der Waals surface area contributed by atoms with Gasteiger partial charge in [-0.05, 0) is 48.0 Å². The Balaban J connectivity index is 1.81. The molecule has 0 amide bonds. The number of allylic oxidation sites excluding steroid dienone is 1. The van der Waals surface area contributed by atoms with Crippen molar-refractivity contribution in [2.24, 2.45) is 0 Å². The average molecular weight is 362 g/mol. The van der Waals surface area contributed by atoms with E-state index in [1.165, 1.54) is 12.1 Å². The van der Waals surface area contributed by atoms with Crippen LogP contribution in [0.5, 0.6) is 17.2 Å². The van der Waals surface area contributed by atoms with Gasteiger partial charge in [-0.25, -0.2) is 4.39 Å². The molecule has 27 heavy (non-hydrogen) atoms. The monoisotopic (exact) mass is 362 g/mol. The van der Waals surface area contributed by atoms with Gasteiger partial charge < -0.3 is 14.2 Å². The van der Waals surface area contributed by atoms with Crippen molar-refractivity contribution >= 4 is 5.76 Å². The maximum atomic E-state index is 13.4. The molecule has 4 heteroatoms. The Morgan fingerprint density at radius 3 is 2.33 bits per heavy atom. The molecule has 3 aromatic carbocycles. The Hall–Kier alpha value is -3.27. The zero-order valence-electron chi connectivity index (χ0n) is 15.1. The van der Waals surface area contributed by atoms with E-state index >= 15 is 0 Å². The summed E-state index contributed by atoms with van der Waals surface area (Å²) in [5.74, 6) is 2.54. The SMILES string of the molecule is COc1ccc(C2=CC(c3ccc(F)cc3)c3ccccc3O2)cc1OC. The number of ether oxygens (including phenoxy) is 3. The minimum atomic E-state index is -0.247. The van der Waals surface area contributed by atoms with Crippen molar-refractivity contribution < 1.29 is 18.6 Å². The van der Waals surface area contributed by atoms with Crippen LogP contribution in [0.25, 0.3) is 5.76 Å². The Kier molecular flexibility index (Phi) is 4.55. The fourth-order valence-corrected chi connectivity index (χ4v) is 3.31. The zero-order chi connectivity index (χ0) is 18.8. The minimum absolute atomic E-state index is 0.0290. The third kappa shape index (κ3) is 3.26. The van der Waals surface area contributed by atoms with Crippen molar-refractivity contribution in [1.29, 1.82) is 0 Å². The highest BCUT2D eigenvalue weighted by Gasteiger charge is 2.24. The average Bonchev–Trinajstić information content (AvgIpc) is 2.73. The van der Waals surface area contributed by atoms with Crippen molar-refractivity contribution in [2.75, 3.05) is 14.2 Å². The number of para-hydroxylation sites is 1. The zero-order valence-corrected chi connectivity index (χ0v) is 15.1. The van der Waals surface area contributed by atoms with Gasteiger partial charge in [-0.2, -0.15) is 0 Å². The maximum Gasteiger partial charge on any atom is 0.161 e. The number of rotatable bonds is 4. The summed E-state index contributed by atoms with van der Waals surface area (Å²) in [7, 11) is 3.21. The van der Waals surface area contributed by atoms with Gasteiger partial charge >= 0.3 is 0 Å². The van der Waals surface area contributed by atoms with Gasteiger partial charge in [0.1, 0.15) is 17.3 Å². The molecule has 1 aliphatic heterocycles. The summed E-state index contributed by atoms with van der Waals surface area (Å²) in [6.07, 6.45) is 2.05. The molecular formula is C23H19FO3. The van der Waals surface area contributed by atoms with E-state index < -0.39 is 0 Å². The van der Waals surface area contributed by atoms with Gasteiger partial charge in [-0.15, -0.1) is 0 Å². The number of methoxy groups -OCH3 is 2. The molecule has 0 aliphatic carbocycles. The van der Waals surface area contributed by atoms with Crippen LogP contribution in [0.15, 0.2) is 72.8 Å². The molecule has 1 heterocycles. The molecular weight excluding hydrogens is 343 g/mol. The van der Waals surface area contributed by atoms with E-state index in [1.54, 1.807) is 14.2 Å². The summed E-state index contributed by atoms with van der Waals surface area (Å²) >= 11 is 0. The van der Waals surface area contributed by atoms with Crippen LogP contribution in [-0.4, -0.2) is 14.2 Å². The molecule has 0 fully saturated rings. The number of hydrogen-bond acceptors (Lipinski definition) is 3. The van der Waals surface area contributed by atoms with Crippen molar-refractivity contribution in [1.82, 2.24) is 0 Å². The highest BCUT2D eigenvalue weighted by atomic mass is 19.1. The lowest BCUT2D eigenvalue weighted by Gasteiger charge is -2.25. The van der Waals surface area contributed by atoms with E-state index in [1.807, 2.05) is 54.6 Å². The van der Waals surface area contributed by atoms with Crippen molar-refractivity contribution in [3.8, 4) is 17.2 Å². The molecule has 0 spiro atoms. The second-order valence-electron chi connectivity index (χ2n) is 6.27. The molecule has 3 nitrogen and oxygen atoms in total. The molecule has 1 unspecified atom stereocenters. The Bertz CT molecular complexity index is 993. The van der Waals surface area contributed by atoms with Crippen molar-refractivity contribution in [3.63, 3.8) is 0 Å². The highest BCUT2D eigenvalue weighted by molar-refractivity contribution is 5.70. The smallest absolute Gasteiger partial charge is 0.161 e. The van der Waals surface area contributed by atoms with E-state index in [0.29, 0.717) is 11.5 Å². The maximum absolute atomic E-state index is 13.4. The van der Waals surface area contributed by atoms with Gasteiger partial charge in [0.2, 0.25) is 0 Å². The third-order valence-corrected chi connectivity index (χ3v) is 4.69. The van der Waals surface area contributed by atoms with Crippen LogP contribution in [0.2, 0.25) is 0 Å². The first kappa shape index (κ1) is 17.2. The van der Waals surface area contributed by atoms with Gasteiger partial charge in [0, 0.05) is 17.0 Å². The van der Waals surface area contributed by atoms with Crippen LogP contribution in [0.4, 0.5) is 4.39 Å². The first-order valence-corrected chi connectivity index (χ1v) is 8.66. The van der Waals surface area contributed by atoms with Crippen LogP contribution in [-0.2, 0) is 0 Å². The molecule has 0 aromatic heterocycles. The fraction of sp³-hybridized carbons (Fsp3) is 0.130. The molecule has 4 rings (SSSR count). The largest absolute Gasteiger partial charge is 0.493 e. The summed E-state index contributed by atoms with van der Waals surface area (Å²) in [5.41, 5.74) is 2.94. The molecule has 0 bridgehead atoms. The predicted octanol–water partition coefficient (Wildman–Crippen LogP) is 5.41. The normalized spacial score (nSPS) is 15.4. The fourth-order valence-electron chi connectivity index (χ4n) is 3.31. The molecule has 136 valence electrons. The molecule has 3 aromatic rings. The molecule has 0 radical (unpaired) electrons. The summed E-state index contributed by atoms with van der Waals surface area (Å²) in [6, 6.07) is 20.2. The lowest BCUT2D eigenvalue weighted by atomic mass is 9.88. The van der Waals surface area contributed by atoms with E-state index in [0.717, 1.165) is 28.2 Å². The Morgan fingerprint density at radius 2 is 1.59 bits per heavy atom. The van der Waals surface area contributed by atoms with Gasteiger partial charge in [0.15, 0.2) is 11.5 Å². The summed E-state index contributed by atoms with van der Waals surface area (Å²) in [6.45, 7) is 0. The third-order valence-electron chi connectivity index (χ3n) is 4.69. The number of halogens is 1. The number of fused-ring (bicyclic) bond motifs is 1. The summed E-state index contributed by atoms with van der Waals surface area (Å²) in [5, 5.41) is 0. The standard InChI is InChI=1S/C23H19FO3/c1-25-21-12-9-16(13-23(21)26-2)22-14-19(15-7-10-17(24)11-8-15)18-5-3-4-6-20(18)27-22/h3-14,19H,1-2H3. The van der Waals surface area contributed by atoms with Gasteiger partial charge in [-0.1, -0.05) is 30.3 Å². The molecule has 0 saturated heterocycles. The summed E-state index contributed by atoms with van der Waals surface area (Å²) in [4.78, 5) is 0. The van der Waals surface area contributed by atoms with Crippen molar-refractivity contribution in [2.45, 2.75) is 5.92 Å². The highest BCUT2D eigenvalue weighted by Crippen LogP contribution is 2.42. The van der Waals surface area contributed by atoms with E-state index in [2.05, 4.69) is 6.08 Å². The van der Waals surface area contributed by atoms with Gasteiger partial charge in [0.25, 0.3) is 0 Å². The van der Waals surface area contributed by atoms with Crippen molar-refractivity contribution in [3.05, 3.63) is 95.3 Å². The lowest BCUT2D eigenvalue weighted by Crippen LogP contribution is -2.10. The topological polar surface area (TPSA) is 27.7 Å². The molecule has 1 atom stereocenters. The second-order valence-corrected chi connectivity index (χ2v) is 6.27. The van der Waals surface area contributed by atoms with Crippen LogP contribution in [0, 0.1) is 5.82 Å². The van der Waals surface area contributed by atoms with Crippen LogP contribution < -0.4 is 14.2 Å². The predicted molar refractivity (Wildman–Crippen MR) is 103 cm³/mol. The minimum Gasteiger partial charge on any atom is -0.493 e. The first-order chi connectivity index (χ1) is 13.2. The number of benzene rings is 3. The molecule has 1 aliphatic rings. The van der Waals surface area contributed by atoms with Gasteiger partial charge in [0.05, 0.1) is 14.2 Å². The van der Waals surface area contributed by atoms with Crippen LogP contribution in [0.1, 0.15) is 22.6 Å². The Morgan fingerprint density at radius 1 is 0.852 bits per heavy atom. The Labute approximate surface area is 157 Å². The summed E-state index contributed by atoms with van der Waals surface area (Å²) < 4.78 is 30.3. The first-order valence-electron chi connectivity index (χ1n) is 8.66. The van der Waals surface area contributed by atoms with E-state index in [9.17, 15) is 4.39 Å². The van der Waals surface area contributed by atoms with Crippen LogP contribution >= 0.6 is 0 Å². The van der Waals surface area contributed by atoms with E-state index in [4.69, 9.17) is 14.2 Å². The lowest BCUT2D eigenvalue weighted by molar-refractivity contribution is 0.354. The van der Waals surface area contributed by atoms with E-state index in [-0.39, 0.29) is 11.7 Å². The molecule has 0 saturated carbocycles. The quantitative estimate of drug-likeness (QED) is 0.621. The van der Waals surface area contributed by atoms with Gasteiger partial charge in [-0.3, -0.25) is 0 Å². The number of hydrogen-bond donors (Lipinski definition) is 0.